The number of carbonyl (C=O) groups excluding carboxylic acids is 1. The van der Waals surface area contributed by atoms with Crippen LogP contribution in [0, 0.1) is 0 Å². The average Bonchev–Trinajstić information content (AvgIpc) is 3.10. The van der Waals surface area contributed by atoms with Crippen molar-refractivity contribution in [1.29, 1.82) is 0 Å². The predicted octanol–water partition coefficient (Wildman–Crippen LogP) is 4.27. The fourth-order valence-corrected chi connectivity index (χ4v) is 3.82. The monoisotopic (exact) mass is 391 g/mol. The largest absolute Gasteiger partial charge is 0.493 e. The number of aromatic nitrogens is 3. The molecule has 0 saturated carbocycles. The summed E-state index contributed by atoms with van der Waals surface area (Å²) in [4.78, 5) is 24.9. The SMILES string of the molecule is CCNC(=O)Nc1nc2cc(-c3cccnc3)cc(-c3cccc(O)n3)c2s1. The molecule has 0 unspecified atom stereocenters. The highest BCUT2D eigenvalue weighted by Crippen LogP contribution is 2.38. The Hall–Kier alpha value is -3.52. The molecule has 28 heavy (non-hydrogen) atoms. The molecule has 0 atom stereocenters. The minimum atomic E-state index is -0.300. The van der Waals surface area contributed by atoms with E-state index in [0.29, 0.717) is 17.4 Å². The van der Waals surface area contributed by atoms with E-state index in [-0.39, 0.29) is 11.9 Å². The van der Waals surface area contributed by atoms with Crippen LogP contribution in [0.15, 0.2) is 54.9 Å². The molecule has 3 aromatic heterocycles. The molecule has 7 nitrogen and oxygen atoms in total. The van der Waals surface area contributed by atoms with Gasteiger partial charge in [0, 0.05) is 36.1 Å². The maximum atomic E-state index is 11.9. The van der Waals surface area contributed by atoms with E-state index in [9.17, 15) is 9.90 Å². The Labute approximate surface area is 165 Å². The number of carbonyl (C=O) groups is 1. The van der Waals surface area contributed by atoms with Crippen molar-refractivity contribution in [3.8, 4) is 28.3 Å². The van der Waals surface area contributed by atoms with Gasteiger partial charge in [-0.1, -0.05) is 23.5 Å². The van der Waals surface area contributed by atoms with Gasteiger partial charge in [-0.15, -0.1) is 0 Å². The van der Waals surface area contributed by atoms with E-state index < -0.39 is 0 Å². The van der Waals surface area contributed by atoms with E-state index >= 15 is 0 Å². The van der Waals surface area contributed by atoms with Crippen molar-refractivity contribution in [2.75, 3.05) is 11.9 Å². The molecule has 2 amide bonds. The number of fused-ring (bicyclic) bond motifs is 1. The highest BCUT2D eigenvalue weighted by atomic mass is 32.1. The second-order valence-electron chi connectivity index (χ2n) is 6.00. The number of pyridine rings is 2. The molecule has 0 aliphatic carbocycles. The van der Waals surface area contributed by atoms with Gasteiger partial charge in [-0.3, -0.25) is 10.3 Å². The molecule has 1 aromatic carbocycles. The van der Waals surface area contributed by atoms with Gasteiger partial charge in [0.2, 0.25) is 5.88 Å². The Balaban J connectivity index is 1.88. The first-order valence-corrected chi connectivity index (χ1v) is 9.52. The lowest BCUT2D eigenvalue weighted by Gasteiger charge is -2.07. The van der Waals surface area contributed by atoms with Crippen LogP contribution in [-0.2, 0) is 0 Å². The van der Waals surface area contributed by atoms with E-state index in [0.717, 1.165) is 26.9 Å². The standard InChI is InChI=1S/C20H17N5O2S/c1-2-22-19(27)25-20-24-16-10-13(12-5-4-8-21-11-12)9-14(18(16)28-20)15-6-3-7-17(26)23-15/h3-11H,2H2,1H3,(H,23,26)(H2,22,24,25,27). The van der Waals surface area contributed by atoms with Crippen LogP contribution in [0.25, 0.3) is 32.6 Å². The average molecular weight is 391 g/mol. The van der Waals surface area contributed by atoms with Gasteiger partial charge < -0.3 is 10.4 Å². The number of hydrogen-bond acceptors (Lipinski definition) is 6. The van der Waals surface area contributed by atoms with Crippen LogP contribution in [0.1, 0.15) is 6.92 Å². The summed E-state index contributed by atoms with van der Waals surface area (Å²) >= 11 is 1.36. The third-order valence-electron chi connectivity index (χ3n) is 4.05. The molecular formula is C20H17N5O2S. The van der Waals surface area contributed by atoms with Crippen LogP contribution in [0.5, 0.6) is 5.88 Å². The summed E-state index contributed by atoms with van der Waals surface area (Å²) in [5.41, 5.74) is 4.06. The van der Waals surface area contributed by atoms with Crippen LogP contribution in [0.4, 0.5) is 9.93 Å². The van der Waals surface area contributed by atoms with Crippen molar-refractivity contribution in [1.82, 2.24) is 20.3 Å². The van der Waals surface area contributed by atoms with Gasteiger partial charge in [-0.25, -0.2) is 14.8 Å². The van der Waals surface area contributed by atoms with Gasteiger partial charge in [0.25, 0.3) is 0 Å². The summed E-state index contributed by atoms with van der Waals surface area (Å²) in [6.45, 7) is 2.38. The van der Waals surface area contributed by atoms with E-state index in [2.05, 4.69) is 25.6 Å². The van der Waals surface area contributed by atoms with E-state index in [1.54, 1.807) is 18.5 Å². The Morgan fingerprint density at radius 2 is 2.04 bits per heavy atom. The second-order valence-corrected chi connectivity index (χ2v) is 7.00. The molecule has 0 aliphatic heterocycles. The van der Waals surface area contributed by atoms with Crippen molar-refractivity contribution < 1.29 is 9.90 Å². The Morgan fingerprint density at radius 1 is 1.14 bits per heavy atom. The van der Waals surface area contributed by atoms with Crippen LogP contribution < -0.4 is 10.6 Å². The minimum absolute atomic E-state index is 0.0531. The number of rotatable bonds is 4. The predicted molar refractivity (Wildman–Crippen MR) is 110 cm³/mol. The number of aromatic hydroxyl groups is 1. The number of nitrogens with one attached hydrogen (secondary N) is 2. The third kappa shape index (κ3) is 3.63. The third-order valence-corrected chi connectivity index (χ3v) is 5.07. The molecule has 0 aliphatic rings. The molecule has 3 heterocycles. The van der Waals surface area contributed by atoms with Gasteiger partial charge in [-0.2, -0.15) is 0 Å². The summed E-state index contributed by atoms with van der Waals surface area (Å²) in [5.74, 6) is -0.0531. The molecule has 0 bridgehead atoms. The van der Waals surface area contributed by atoms with Gasteiger partial charge >= 0.3 is 6.03 Å². The molecule has 140 valence electrons. The molecule has 0 spiro atoms. The van der Waals surface area contributed by atoms with Gasteiger partial charge in [0.1, 0.15) is 0 Å². The van der Waals surface area contributed by atoms with Gasteiger partial charge in [0.05, 0.1) is 15.9 Å². The lowest BCUT2D eigenvalue weighted by Crippen LogP contribution is -2.28. The lowest BCUT2D eigenvalue weighted by atomic mass is 10.0. The normalized spacial score (nSPS) is 10.8. The van der Waals surface area contributed by atoms with Crippen LogP contribution in [-0.4, -0.2) is 32.6 Å². The topological polar surface area (TPSA) is 100 Å². The van der Waals surface area contributed by atoms with Crippen LogP contribution in [0.3, 0.4) is 0 Å². The smallest absolute Gasteiger partial charge is 0.321 e. The van der Waals surface area contributed by atoms with E-state index in [1.165, 1.54) is 17.4 Å². The number of benzene rings is 1. The highest BCUT2D eigenvalue weighted by molar-refractivity contribution is 7.22. The first-order chi connectivity index (χ1) is 13.6. The van der Waals surface area contributed by atoms with Gasteiger partial charge in [0.15, 0.2) is 5.13 Å². The minimum Gasteiger partial charge on any atom is -0.493 e. The first-order valence-electron chi connectivity index (χ1n) is 8.70. The lowest BCUT2D eigenvalue weighted by molar-refractivity contribution is 0.252. The molecule has 4 aromatic rings. The number of anilines is 1. The number of nitrogens with zero attached hydrogens (tertiary/aromatic N) is 3. The fraction of sp³-hybridized carbons (Fsp3) is 0.100. The van der Waals surface area contributed by atoms with E-state index in [4.69, 9.17) is 0 Å². The zero-order chi connectivity index (χ0) is 19.5. The maximum absolute atomic E-state index is 11.9. The van der Waals surface area contributed by atoms with Crippen LogP contribution in [0.2, 0.25) is 0 Å². The molecule has 0 saturated heterocycles. The summed E-state index contributed by atoms with van der Waals surface area (Å²) < 4.78 is 0.873. The zero-order valence-electron chi connectivity index (χ0n) is 15.0. The van der Waals surface area contributed by atoms with Crippen molar-refractivity contribution in [3.63, 3.8) is 0 Å². The number of amides is 2. The highest BCUT2D eigenvalue weighted by Gasteiger charge is 2.15. The Kier molecular flexibility index (Phi) is 4.86. The zero-order valence-corrected chi connectivity index (χ0v) is 15.8. The van der Waals surface area contributed by atoms with Crippen LogP contribution >= 0.6 is 11.3 Å². The molecule has 3 N–H and O–H groups in total. The Bertz CT molecular complexity index is 1140. The number of hydrogen-bond donors (Lipinski definition) is 3. The number of urea groups is 1. The maximum Gasteiger partial charge on any atom is 0.321 e. The molecule has 0 fully saturated rings. The molecular weight excluding hydrogens is 374 g/mol. The van der Waals surface area contributed by atoms with Crippen molar-refractivity contribution in [2.45, 2.75) is 6.92 Å². The van der Waals surface area contributed by atoms with Gasteiger partial charge in [-0.05, 0) is 36.8 Å². The van der Waals surface area contributed by atoms with Crippen molar-refractivity contribution >= 4 is 32.7 Å². The van der Waals surface area contributed by atoms with E-state index in [1.807, 2.05) is 37.3 Å². The molecule has 4 rings (SSSR count). The summed E-state index contributed by atoms with van der Waals surface area (Å²) in [7, 11) is 0. The fourth-order valence-electron chi connectivity index (χ4n) is 2.85. The molecule has 0 radical (unpaired) electrons. The quantitative estimate of drug-likeness (QED) is 0.482. The molecule has 8 heteroatoms. The first kappa shape index (κ1) is 17.9. The second kappa shape index (κ2) is 7.61. The van der Waals surface area contributed by atoms with Crippen molar-refractivity contribution in [2.24, 2.45) is 0 Å². The summed E-state index contributed by atoms with van der Waals surface area (Å²) in [5, 5.41) is 15.8. The summed E-state index contributed by atoms with van der Waals surface area (Å²) in [6.07, 6.45) is 3.50. The van der Waals surface area contributed by atoms with Crippen molar-refractivity contribution in [3.05, 3.63) is 54.9 Å². The number of thiazole rings is 1. The summed E-state index contributed by atoms with van der Waals surface area (Å²) in [6, 6.07) is 12.6. The Morgan fingerprint density at radius 3 is 2.79 bits per heavy atom.